The van der Waals surface area contributed by atoms with Gasteiger partial charge in [-0.25, -0.2) is 10.3 Å². The topological polar surface area (TPSA) is 54.7 Å². The number of rotatable bonds is 7. The fraction of sp³-hybridized carbons (Fsp3) is 0.583. The van der Waals surface area contributed by atoms with Gasteiger partial charge in [0.1, 0.15) is 5.76 Å². The Morgan fingerprint density at radius 2 is 2.24 bits per heavy atom. The Balaban J connectivity index is 2.05. The Hall–Kier alpha value is -1.49. The van der Waals surface area contributed by atoms with Crippen LogP contribution in [0.4, 0.5) is 4.79 Å². The van der Waals surface area contributed by atoms with E-state index < -0.39 is 0 Å². The second-order valence-electron chi connectivity index (χ2n) is 3.61. The molecule has 1 aromatic rings. The van der Waals surface area contributed by atoms with E-state index in [0.717, 1.165) is 18.6 Å². The molecular weight excluding hydrogens is 220 g/mol. The number of amides is 2. The second kappa shape index (κ2) is 7.73. The summed E-state index contributed by atoms with van der Waals surface area (Å²) >= 11 is 0. The number of furan rings is 1. The molecule has 0 spiro atoms. The Morgan fingerprint density at radius 1 is 1.47 bits per heavy atom. The molecule has 0 aromatic carbocycles. The maximum Gasteiger partial charge on any atom is 0.341 e. The lowest BCUT2D eigenvalue weighted by molar-refractivity contribution is 0.0469. The first kappa shape index (κ1) is 13.6. The number of hydroxylamine groups is 1. The summed E-state index contributed by atoms with van der Waals surface area (Å²) in [6, 6.07) is 3.60. The number of aryl methyl sites for hydroxylation is 1. The predicted octanol–water partition coefficient (Wildman–Crippen LogP) is 2.20. The number of hydrogen-bond donors (Lipinski definition) is 1. The third-order valence-corrected chi connectivity index (χ3v) is 2.46. The average molecular weight is 240 g/mol. The van der Waals surface area contributed by atoms with E-state index in [1.807, 2.05) is 26.0 Å². The van der Waals surface area contributed by atoms with Crippen LogP contribution in [0.25, 0.3) is 0 Å². The molecule has 0 saturated carbocycles. The molecule has 0 aliphatic heterocycles. The highest BCUT2D eigenvalue weighted by atomic mass is 16.7. The van der Waals surface area contributed by atoms with Crippen molar-refractivity contribution in [3.8, 4) is 0 Å². The molecule has 1 heterocycles. The summed E-state index contributed by atoms with van der Waals surface area (Å²) in [5.41, 5.74) is 2.42. The molecule has 5 nitrogen and oxygen atoms in total. The van der Waals surface area contributed by atoms with Crippen LogP contribution in [-0.2, 0) is 11.3 Å². The lowest BCUT2D eigenvalue weighted by Gasteiger charge is -2.18. The normalized spacial score (nSPS) is 10.2. The van der Waals surface area contributed by atoms with Crippen LogP contribution in [0.5, 0.6) is 0 Å². The van der Waals surface area contributed by atoms with E-state index in [4.69, 9.17) is 9.25 Å². The van der Waals surface area contributed by atoms with Gasteiger partial charge in [0, 0.05) is 19.5 Å². The molecule has 1 rings (SSSR count). The molecular formula is C12H20N2O3. The molecule has 5 heteroatoms. The van der Waals surface area contributed by atoms with E-state index >= 15 is 0 Å². The van der Waals surface area contributed by atoms with Crippen molar-refractivity contribution in [2.24, 2.45) is 0 Å². The van der Waals surface area contributed by atoms with E-state index in [1.165, 1.54) is 0 Å². The van der Waals surface area contributed by atoms with Gasteiger partial charge in [-0.15, -0.1) is 0 Å². The number of nitrogens with zero attached hydrogens (tertiary/aromatic N) is 1. The number of nitrogens with one attached hydrogen (secondary N) is 1. The van der Waals surface area contributed by atoms with Crippen molar-refractivity contribution < 1.29 is 14.0 Å². The van der Waals surface area contributed by atoms with Crippen molar-refractivity contribution in [3.05, 3.63) is 24.2 Å². The molecule has 0 saturated heterocycles. The fourth-order valence-electron chi connectivity index (χ4n) is 1.46. The van der Waals surface area contributed by atoms with Crippen molar-refractivity contribution in [2.45, 2.75) is 26.7 Å². The molecule has 0 radical (unpaired) electrons. The molecule has 1 aromatic heterocycles. The Labute approximate surface area is 102 Å². The molecule has 96 valence electrons. The van der Waals surface area contributed by atoms with Gasteiger partial charge in [-0.1, -0.05) is 0 Å². The second-order valence-corrected chi connectivity index (χ2v) is 3.61. The summed E-state index contributed by atoms with van der Waals surface area (Å²) in [5.74, 6) is 0.934. The SMILES string of the molecule is CCN(CC)C(=O)NOCCCc1ccco1. The van der Waals surface area contributed by atoms with E-state index in [9.17, 15) is 4.79 Å². The predicted molar refractivity (Wildman–Crippen MR) is 64.4 cm³/mol. The van der Waals surface area contributed by atoms with Crippen molar-refractivity contribution in [1.29, 1.82) is 0 Å². The standard InChI is InChI=1S/C12H20N2O3/c1-3-14(4-2)12(15)13-17-10-6-8-11-7-5-9-16-11/h5,7,9H,3-4,6,8,10H2,1-2H3,(H,13,15). The lowest BCUT2D eigenvalue weighted by atomic mass is 10.3. The highest BCUT2D eigenvalue weighted by Crippen LogP contribution is 2.03. The summed E-state index contributed by atoms with van der Waals surface area (Å²) in [6.45, 7) is 5.70. The fourth-order valence-corrected chi connectivity index (χ4v) is 1.46. The molecule has 0 unspecified atom stereocenters. The summed E-state index contributed by atoms with van der Waals surface area (Å²) < 4.78 is 5.18. The minimum Gasteiger partial charge on any atom is -0.469 e. The molecule has 0 atom stereocenters. The summed E-state index contributed by atoms with van der Waals surface area (Å²) in [5, 5.41) is 0. The minimum atomic E-state index is -0.187. The highest BCUT2D eigenvalue weighted by Gasteiger charge is 2.07. The number of carbonyl (C=O) groups excluding carboxylic acids is 1. The van der Waals surface area contributed by atoms with Gasteiger partial charge in [-0.3, -0.25) is 4.84 Å². The summed E-state index contributed by atoms with van der Waals surface area (Å²) in [6.07, 6.45) is 3.28. The third-order valence-electron chi connectivity index (χ3n) is 2.46. The zero-order valence-electron chi connectivity index (χ0n) is 10.4. The van der Waals surface area contributed by atoms with E-state index in [1.54, 1.807) is 11.2 Å². The van der Waals surface area contributed by atoms with Crippen molar-refractivity contribution >= 4 is 6.03 Å². The maximum atomic E-state index is 11.5. The molecule has 0 aliphatic rings. The zero-order valence-corrected chi connectivity index (χ0v) is 10.4. The van der Waals surface area contributed by atoms with Crippen molar-refractivity contribution in [2.75, 3.05) is 19.7 Å². The van der Waals surface area contributed by atoms with Gasteiger partial charge in [0.15, 0.2) is 0 Å². The van der Waals surface area contributed by atoms with E-state index in [-0.39, 0.29) is 6.03 Å². The van der Waals surface area contributed by atoms with Gasteiger partial charge in [-0.2, -0.15) is 0 Å². The van der Waals surface area contributed by atoms with Gasteiger partial charge < -0.3 is 9.32 Å². The van der Waals surface area contributed by atoms with Crippen LogP contribution in [0, 0.1) is 0 Å². The minimum absolute atomic E-state index is 0.187. The van der Waals surface area contributed by atoms with E-state index in [0.29, 0.717) is 19.7 Å². The van der Waals surface area contributed by atoms with Crippen LogP contribution >= 0.6 is 0 Å². The lowest BCUT2D eigenvalue weighted by Crippen LogP contribution is -2.39. The van der Waals surface area contributed by atoms with Crippen LogP contribution in [0.1, 0.15) is 26.0 Å². The smallest absolute Gasteiger partial charge is 0.341 e. The molecule has 0 bridgehead atoms. The molecule has 1 N–H and O–H groups in total. The molecule has 0 aliphatic carbocycles. The number of urea groups is 1. The Kier molecular flexibility index (Phi) is 6.17. The largest absolute Gasteiger partial charge is 0.469 e. The zero-order chi connectivity index (χ0) is 12.5. The van der Waals surface area contributed by atoms with Gasteiger partial charge in [-0.05, 0) is 32.4 Å². The summed E-state index contributed by atoms with van der Waals surface area (Å²) in [4.78, 5) is 18.2. The van der Waals surface area contributed by atoms with Gasteiger partial charge >= 0.3 is 6.03 Å². The quantitative estimate of drug-likeness (QED) is 0.587. The molecule has 2 amide bonds. The van der Waals surface area contributed by atoms with Crippen molar-refractivity contribution in [3.63, 3.8) is 0 Å². The van der Waals surface area contributed by atoms with Crippen LogP contribution in [0.2, 0.25) is 0 Å². The first-order valence-corrected chi connectivity index (χ1v) is 5.97. The Morgan fingerprint density at radius 3 is 2.82 bits per heavy atom. The van der Waals surface area contributed by atoms with Gasteiger partial charge in [0.25, 0.3) is 0 Å². The Bertz CT molecular complexity index is 308. The average Bonchev–Trinajstić information content (AvgIpc) is 2.83. The van der Waals surface area contributed by atoms with Crippen LogP contribution in [0.3, 0.4) is 0 Å². The number of carbonyl (C=O) groups is 1. The maximum absolute atomic E-state index is 11.5. The first-order chi connectivity index (χ1) is 8.27. The number of hydrogen-bond acceptors (Lipinski definition) is 3. The van der Waals surface area contributed by atoms with Crippen molar-refractivity contribution in [1.82, 2.24) is 10.4 Å². The summed E-state index contributed by atoms with van der Waals surface area (Å²) in [7, 11) is 0. The monoisotopic (exact) mass is 240 g/mol. The third kappa shape index (κ3) is 4.91. The van der Waals surface area contributed by atoms with Crippen LogP contribution in [-0.4, -0.2) is 30.6 Å². The highest BCUT2D eigenvalue weighted by molar-refractivity contribution is 5.72. The van der Waals surface area contributed by atoms with Crippen LogP contribution in [0.15, 0.2) is 22.8 Å². The molecule has 0 fully saturated rings. The van der Waals surface area contributed by atoms with Gasteiger partial charge in [0.05, 0.1) is 12.9 Å². The molecule has 17 heavy (non-hydrogen) atoms. The van der Waals surface area contributed by atoms with Crippen LogP contribution < -0.4 is 5.48 Å². The first-order valence-electron chi connectivity index (χ1n) is 5.97. The van der Waals surface area contributed by atoms with E-state index in [2.05, 4.69) is 5.48 Å². The van der Waals surface area contributed by atoms with Gasteiger partial charge in [0.2, 0.25) is 0 Å².